The predicted octanol–water partition coefficient (Wildman–Crippen LogP) is 4.52. The molecule has 0 bridgehead atoms. The topological polar surface area (TPSA) is 35.2 Å². The smallest absolute Gasteiger partial charge is 0.133 e. The van der Waals surface area contributed by atoms with E-state index in [1.807, 2.05) is 19.1 Å². The number of nitrogens with two attached hydrogens (primary N) is 1. The van der Waals surface area contributed by atoms with Crippen molar-refractivity contribution < 1.29 is 4.74 Å². The molecule has 102 valence electrons. The predicted molar refractivity (Wildman–Crippen MR) is 85.0 cm³/mol. The molecule has 0 amide bonds. The van der Waals surface area contributed by atoms with Crippen molar-refractivity contribution in [2.75, 3.05) is 6.61 Å². The van der Waals surface area contributed by atoms with Crippen LogP contribution < -0.4 is 10.5 Å². The number of rotatable bonds is 5. The van der Waals surface area contributed by atoms with Crippen LogP contribution in [0.2, 0.25) is 0 Å². The van der Waals surface area contributed by atoms with E-state index in [2.05, 4.69) is 40.4 Å². The lowest BCUT2D eigenvalue weighted by Gasteiger charge is -2.14. The average Bonchev–Trinajstić information content (AvgIpc) is 2.88. The van der Waals surface area contributed by atoms with Crippen LogP contribution in [0.3, 0.4) is 0 Å². The van der Waals surface area contributed by atoms with Crippen molar-refractivity contribution in [3.8, 4) is 5.75 Å². The SMILES string of the molecule is CCOc1ccc(C(N)c2sccc2CC)cc1Br. The summed E-state index contributed by atoms with van der Waals surface area (Å²) >= 11 is 5.26. The molecule has 2 N–H and O–H groups in total. The van der Waals surface area contributed by atoms with Gasteiger partial charge in [-0.2, -0.15) is 0 Å². The van der Waals surface area contributed by atoms with Crippen LogP contribution in [0.15, 0.2) is 34.1 Å². The van der Waals surface area contributed by atoms with Crippen molar-refractivity contribution in [3.05, 3.63) is 50.1 Å². The molecule has 0 saturated carbocycles. The van der Waals surface area contributed by atoms with Gasteiger partial charge in [0.2, 0.25) is 0 Å². The Morgan fingerprint density at radius 1 is 1.32 bits per heavy atom. The van der Waals surface area contributed by atoms with Crippen molar-refractivity contribution >= 4 is 27.3 Å². The molecule has 1 heterocycles. The van der Waals surface area contributed by atoms with Crippen molar-refractivity contribution in [1.82, 2.24) is 0 Å². The Morgan fingerprint density at radius 2 is 2.11 bits per heavy atom. The Bertz CT molecular complexity index is 553. The van der Waals surface area contributed by atoms with Crippen molar-refractivity contribution in [3.63, 3.8) is 0 Å². The summed E-state index contributed by atoms with van der Waals surface area (Å²) in [5.74, 6) is 0.861. The molecule has 1 atom stereocenters. The third kappa shape index (κ3) is 3.19. The Kier molecular flexibility index (Phi) is 5.02. The third-order valence-electron chi connectivity index (χ3n) is 3.06. The van der Waals surface area contributed by atoms with Gasteiger partial charge in [-0.25, -0.2) is 0 Å². The van der Waals surface area contributed by atoms with Gasteiger partial charge in [-0.05, 0) is 64.0 Å². The number of benzene rings is 1. The standard InChI is InChI=1S/C15H18BrNOS/c1-3-10-7-8-19-15(10)14(17)11-5-6-13(18-4-2)12(16)9-11/h5-9,14H,3-4,17H2,1-2H3. The first-order valence-corrected chi connectivity index (χ1v) is 8.08. The summed E-state index contributed by atoms with van der Waals surface area (Å²) in [5.41, 5.74) is 8.82. The van der Waals surface area contributed by atoms with Crippen LogP contribution in [0.1, 0.15) is 35.9 Å². The summed E-state index contributed by atoms with van der Waals surface area (Å²) in [7, 11) is 0. The van der Waals surface area contributed by atoms with Crippen LogP contribution in [0.4, 0.5) is 0 Å². The van der Waals surface area contributed by atoms with Gasteiger partial charge in [0.1, 0.15) is 5.75 Å². The summed E-state index contributed by atoms with van der Waals surface area (Å²) in [6.07, 6.45) is 1.02. The summed E-state index contributed by atoms with van der Waals surface area (Å²) in [6.45, 7) is 4.80. The molecule has 0 radical (unpaired) electrons. The Balaban J connectivity index is 2.29. The number of halogens is 1. The van der Waals surface area contributed by atoms with Crippen LogP contribution >= 0.6 is 27.3 Å². The second kappa shape index (κ2) is 6.55. The maximum Gasteiger partial charge on any atom is 0.133 e. The maximum atomic E-state index is 6.38. The quantitative estimate of drug-likeness (QED) is 0.869. The second-order valence-electron chi connectivity index (χ2n) is 4.26. The number of ether oxygens (including phenoxy) is 1. The minimum absolute atomic E-state index is 0.0677. The largest absolute Gasteiger partial charge is 0.493 e. The third-order valence-corrected chi connectivity index (χ3v) is 4.72. The zero-order chi connectivity index (χ0) is 13.8. The van der Waals surface area contributed by atoms with Gasteiger partial charge in [0.25, 0.3) is 0 Å². The molecule has 4 heteroatoms. The maximum absolute atomic E-state index is 6.38. The molecule has 1 unspecified atom stereocenters. The molecule has 2 nitrogen and oxygen atoms in total. The Hall–Kier alpha value is -0.840. The van der Waals surface area contributed by atoms with E-state index in [1.54, 1.807) is 11.3 Å². The highest BCUT2D eigenvalue weighted by Gasteiger charge is 2.15. The molecule has 0 fully saturated rings. The molecule has 0 aliphatic carbocycles. The average molecular weight is 340 g/mol. The monoisotopic (exact) mass is 339 g/mol. The zero-order valence-corrected chi connectivity index (χ0v) is 13.6. The zero-order valence-electron chi connectivity index (χ0n) is 11.2. The highest BCUT2D eigenvalue weighted by atomic mass is 79.9. The van der Waals surface area contributed by atoms with Crippen molar-refractivity contribution in [1.29, 1.82) is 0 Å². The van der Waals surface area contributed by atoms with Crippen LogP contribution in [-0.2, 0) is 6.42 Å². The van der Waals surface area contributed by atoms with Gasteiger partial charge in [-0.1, -0.05) is 13.0 Å². The summed E-state index contributed by atoms with van der Waals surface area (Å²) in [6, 6.07) is 8.15. The van der Waals surface area contributed by atoms with Gasteiger partial charge < -0.3 is 10.5 Å². The first-order valence-electron chi connectivity index (χ1n) is 6.41. The minimum Gasteiger partial charge on any atom is -0.493 e. The molecule has 1 aromatic heterocycles. The van der Waals surface area contributed by atoms with Crippen molar-refractivity contribution in [2.45, 2.75) is 26.3 Å². The highest BCUT2D eigenvalue weighted by molar-refractivity contribution is 9.10. The first-order chi connectivity index (χ1) is 9.17. The molecular formula is C15H18BrNOS. The lowest BCUT2D eigenvalue weighted by Crippen LogP contribution is -2.12. The van der Waals surface area contributed by atoms with E-state index in [1.165, 1.54) is 10.4 Å². The number of hydrogen-bond donors (Lipinski definition) is 1. The minimum atomic E-state index is -0.0677. The molecule has 0 spiro atoms. The molecule has 2 aromatic rings. The number of hydrogen-bond acceptors (Lipinski definition) is 3. The Labute approximate surface area is 126 Å². The molecule has 2 rings (SSSR count). The highest BCUT2D eigenvalue weighted by Crippen LogP contribution is 2.33. The van der Waals surface area contributed by atoms with Gasteiger partial charge in [0, 0.05) is 4.88 Å². The molecule has 1 aromatic carbocycles. The van der Waals surface area contributed by atoms with E-state index in [0.717, 1.165) is 22.2 Å². The van der Waals surface area contributed by atoms with E-state index in [-0.39, 0.29) is 6.04 Å². The second-order valence-corrected chi connectivity index (χ2v) is 6.07. The summed E-state index contributed by atoms with van der Waals surface area (Å²) in [5, 5.41) is 2.11. The lowest BCUT2D eigenvalue weighted by molar-refractivity contribution is 0.338. The van der Waals surface area contributed by atoms with Crippen LogP contribution in [0.25, 0.3) is 0 Å². The molecule has 0 aliphatic heterocycles. The first kappa shape index (κ1) is 14.6. The molecule has 0 saturated heterocycles. The lowest BCUT2D eigenvalue weighted by atomic mass is 10.0. The van der Waals surface area contributed by atoms with Crippen molar-refractivity contribution in [2.24, 2.45) is 5.73 Å². The van der Waals surface area contributed by atoms with Gasteiger partial charge in [-0.3, -0.25) is 0 Å². The Morgan fingerprint density at radius 3 is 2.74 bits per heavy atom. The normalized spacial score (nSPS) is 12.4. The van der Waals surface area contributed by atoms with E-state index in [4.69, 9.17) is 10.5 Å². The molecular weight excluding hydrogens is 322 g/mol. The summed E-state index contributed by atoms with van der Waals surface area (Å²) in [4.78, 5) is 1.25. The summed E-state index contributed by atoms with van der Waals surface area (Å²) < 4.78 is 6.48. The van der Waals surface area contributed by atoms with Gasteiger partial charge in [-0.15, -0.1) is 11.3 Å². The molecule has 0 aliphatic rings. The van der Waals surface area contributed by atoms with Gasteiger partial charge in [0.15, 0.2) is 0 Å². The number of thiophene rings is 1. The van der Waals surface area contributed by atoms with E-state index in [9.17, 15) is 0 Å². The van der Waals surface area contributed by atoms with Crippen LogP contribution in [0.5, 0.6) is 5.75 Å². The fourth-order valence-electron chi connectivity index (χ4n) is 2.05. The van der Waals surface area contributed by atoms with Crippen LogP contribution in [-0.4, -0.2) is 6.61 Å². The fraction of sp³-hybridized carbons (Fsp3) is 0.333. The molecule has 19 heavy (non-hydrogen) atoms. The van der Waals surface area contributed by atoms with Gasteiger partial charge in [0.05, 0.1) is 17.1 Å². The van der Waals surface area contributed by atoms with E-state index < -0.39 is 0 Å². The van der Waals surface area contributed by atoms with Gasteiger partial charge >= 0.3 is 0 Å². The fourth-order valence-corrected chi connectivity index (χ4v) is 3.58. The van der Waals surface area contributed by atoms with Crippen LogP contribution in [0, 0.1) is 0 Å². The number of aryl methyl sites for hydroxylation is 1. The van der Waals surface area contributed by atoms with E-state index in [0.29, 0.717) is 6.61 Å². The van der Waals surface area contributed by atoms with E-state index >= 15 is 0 Å².